The Morgan fingerprint density at radius 3 is 1.67 bits per heavy atom. The fourth-order valence-electron chi connectivity index (χ4n) is 5.63. The van der Waals surface area contributed by atoms with E-state index in [1.54, 1.807) is 11.1 Å². The predicted molar refractivity (Wildman–Crippen MR) is 120 cm³/mol. The molecule has 0 aromatic heterocycles. The van der Waals surface area contributed by atoms with E-state index >= 15 is 0 Å². The molecular formula is C24H32BGeN. The van der Waals surface area contributed by atoms with Crippen molar-refractivity contribution < 1.29 is 0 Å². The average Bonchev–Trinajstić information content (AvgIpc) is 2.89. The molecule has 140 valence electrons. The van der Waals surface area contributed by atoms with Crippen LogP contribution in [0.25, 0.3) is 11.1 Å². The topological polar surface area (TPSA) is 3.24 Å². The summed E-state index contributed by atoms with van der Waals surface area (Å²) in [5, 5.41) is 0. The second kappa shape index (κ2) is 6.52. The third kappa shape index (κ3) is 2.86. The van der Waals surface area contributed by atoms with Crippen molar-refractivity contribution in [2.24, 2.45) is 0 Å². The molecule has 0 bridgehead atoms. The van der Waals surface area contributed by atoms with Gasteiger partial charge in [0.25, 0.3) is 0 Å². The molecule has 3 heteroatoms. The van der Waals surface area contributed by atoms with Gasteiger partial charge in [-0.3, -0.25) is 0 Å². The van der Waals surface area contributed by atoms with Crippen molar-refractivity contribution in [2.45, 2.75) is 73.7 Å². The van der Waals surface area contributed by atoms with Crippen LogP contribution in [0, 0.1) is 0 Å². The van der Waals surface area contributed by atoms with Gasteiger partial charge < -0.3 is 0 Å². The van der Waals surface area contributed by atoms with Gasteiger partial charge in [-0.2, -0.15) is 0 Å². The molecule has 0 saturated carbocycles. The number of hydrogen-bond acceptors (Lipinski definition) is 1. The summed E-state index contributed by atoms with van der Waals surface area (Å²) in [5.74, 6) is 5.11. The van der Waals surface area contributed by atoms with Gasteiger partial charge in [0.05, 0.1) is 0 Å². The van der Waals surface area contributed by atoms with E-state index < -0.39 is 14.3 Å². The van der Waals surface area contributed by atoms with Crippen LogP contribution < -0.4 is 0 Å². The molecule has 0 atom stereocenters. The zero-order valence-electron chi connectivity index (χ0n) is 17.8. The first kappa shape index (κ1) is 19.3. The summed E-state index contributed by atoms with van der Waals surface area (Å²) in [4.78, 5) is 2.75. The summed E-state index contributed by atoms with van der Waals surface area (Å²) in [5.41, 5.74) is 6.40. The number of rotatable bonds is 3. The quantitative estimate of drug-likeness (QED) is 0.565. The Bertz CT molecular complexity index is 793. The molecule has 1 heterocycles. The molecule has 1 fully saturated rings. The van der Waals surface area contributed by atoms with Crippen LogP contribution in [0.2, 0.25) is 11.5 Å². The number of piperidine rings is 1. The number of benzene rings is 2. The van der Waals surface area contributed by atoms with Crippen molar-refractivity contribution in [1.82, 2.24) is 4.81 Å². The zero-order valence-corrected chi connectivity index (χ0v) is 19.9. The van der Waals surface area contributed by atoms with Crippen LogP contribution in [0.3, 0.4) is 0 Å². The Morgan fingerprint density at radius 1 is 0.778 bits per heavy atom. The molecule has 27 heavy (non-hydrogen) atoms. The fraction of sp³-hybridized carbons (Fsp3) is 0.500. The van der Waals surface area contributed by atoms with E-state index in [0.717, 1.165) is 0 Å². The van der Waals surface area contributed by atoms with E-state index in [-0.39, 0.29) is 15.2 Å². The summed E-state index contributed by atoms with van der Waals surface area (Å²) < 4.78 is 0.0963. The molecule has 2 aliphatic rings. The molecule has 0 unspecified atom stereocenters. The van der Waals surface area contributed by atoms with Crippen molar-refractivity contribution in [3.63, 3.8) is 0 Å². The van der Waals surface area contributed by atoms with Crippen molar-refractivity contribution in [3.8, 4) is 11.1 Å². The van der Waals surface area contributed by atoms with E-state index in [2.05, 4.69) is 100.0 Å². The van der Waals surface area contributed by atoms with Crippen LogP contribution in [0.4, 0.5) is 0 Å². The minimum atomic E-state index is -1.44. The standard InChI is InChI=1S/C24H32BGeN/c1-22(2)16-11-17-23(3,4)27(22)25-24(26(5)6)20-14-9-7-12-18(20)19-13-8-10-15-21(19)24/h7-10,12-15H,11,16-17H2,1-6H3. The van der Waals surface area contributed by atoms with E-state index in [1.807, 2.05) is 0 Å². The van der Waals surface area contributed by atoms with Gasteiger partial charge in [-0.05, 0) is 0 Å². The molecule has 1 aliphatic carbocycles. The summed E-state index contributed by atoms with van der Waals surface area (Å²) in [6.45, 7) is 9.76. The van der Waals surface area contributed by atoms with E-state index in [1.165, 1.54) is 30.4 Å². The van der Waals surface area contributed by atoms with Gasteiger partial charge in [0.1, 0.15) is 0 Å². The van der Waals surface area contributed by atoms with Crippen molar-refractivity contribution >= 4 is 21.8 Å². The minimum absolute atomic E-state index is 0.0963. The SMILES string of the molecule is [CH3][Ge]([CH3])[C]1([B]N2C(C)(C)CCCC2(C)C)c2ccccc2-c2ccccc21. The summed E-state index contributed by atoms with van der Waals surface area (Å²) in [6.07, 6.45) is 3.87. The molecule has 1 saturated heterocycles. The van der Waals surface area contributed by atoms with Crippen molar-refractivity contribution in [3.05, 3.63) is 59.7 Å². The van der Waals surface area contributed by atoms with Crippen molar-refractivity contribution in [2.75, 3.05) is 0 Å². The van der Waals surface area contributed by atoms with Crippen molar-refractivity contribution in [1.29, 1.82) is 0 Å². The second-order valence-corrected chi connectivity index (χ2v) is 15.7. The molecule has 0 N–H and O–H groups in total. The molecule has 2 aromatic rings. The Kier molecular flexibility index (Phi) is 4.67. The average molecular weight is 418 g/mol. The van der Waals surface area contributed by atoms with E-state index in [9.17, 15) is 0 Å². The summed E-state index contributed by atoms with van der Waals surface area (Å²) in [7, 11) is 2.70. The molecule has 1 nitrogen and oxygen atoms in total. The van der Waals surface area contributed by atoms with Crippen LogP contribution in [-0.4, -0.2) is 37.7 Å². The van der Waals surface area contributed by atoms with Crippen LogP contribution in [0.1, 0.15) is 58.1 Å². The van der Waals surface area contributed by atoms with Gasteiger partial charge in [0.15, 0.2) is 0 Å². The van der Waals surface area contributed by atoms with Gasteiger partial charge in [0.2, 0.25) is 0 Å². The van der Waals surface area contributed by atoms with E-state index in [0.29, 0.717) is 0 Å². The normalized spacial score (nSPS) is 22.3. The Morgan fingerprint density at radius 2 is 1.22 bits per heavy atom. The number of nitrogens with zero attached hydrogens (tertiary/aromatic N) is 1. The molecule has 2 aromatic carbocycles. The van der Waals surface area contributed by atoms with Gasteiger partial charge in [-0.15, -0.1) is 0 Å². The first-order valence-electron chi connectivity index (χ1n) is 10.4. The Hall–Kier alpha value is -0.992. The second-order valence-electron chi connectivity index (χ2n) is 9.88. The van der Waals surface area contributed by atoms with Crippen LogP contribution in [0.5, 0.6) is 0 Å². The van der Waals surface area contributed by atoms with Gasteiger partial charge in [-0.1, -0.05) is 0 Å². The maximum atomic E-state index is 2.75. The summed E-state index contributed by atoms with van der Waals surface area (Å²) >= 11 is -1.44. The maximum absolute atomic E-state index is 2.75. The molecule has 0 spiro atoms. The molecule has 1 aliphatic heterocycles. The third-order valence-electron chi connectivity index (χ3n) is 6.99. The van der Waals surface area contributed by atoms with Crippen LogP contribution in [-0.2, 0) is 4.15 Å². The van der Waals surface area contributed by atoms with Gasteiger partial charge in [0, 0.05) is 0 Å². The van der Waals surface area contributed by atoms with Gasteiger partial charge >= 0.3 is 171 Å². The molecule has 0 amide bonds. The Labute approximate surface area is 170 Å². The third-order valence-corrected chi connectivity index (χ3v) is 11.7. The van der Waals surface area contributed by atoms with Crippen LogP contribution in [0.15, 0.2) is 48.5 Å². The van der Waals surface area contributed by atoms with Gasteiger partial charge in [-0.25, -0.2) is 0 Å². The zero-order chi connectivity index (χ0) is 19.4. The predicted octanol–water partition coefficient (Wildman–Crippen LogP) is 5.87. The summed E-state index contributed by atoms with van der Waals surface area (Å²) in [6, 6.07) is 18.3. The molecule has 2 radical (unpaired) electrons. The number of fused-ring (bicyclic) bond motifs is 3. The van der Waals surface area contributed by atoms with Crippen LogP contribution >= 0.6 is 0 Å². The first-order valence-corrected chi connectivity index (χ1v) is 15.6. The fourth-order valence-corrected chi connectivity index (χ4v) is 9.62. The first-order chi connectivity index (χ1) is 12.7. The number of hydrogen-bond donors (Lipinski definition) is 0. The molecular weight excluding hydrogens is 386 g/mol. The monoisotopic (exact) mass is 419 g/mol. The van der Waals surface area contributed by atoms with E-state index in [4.69, 9.17) is 0 Å². The Balaban J connectivity index is 1.92. The molecule has 4 rings (SSSR count).